The third-order valence-electron chi connectivity index (χ3n) is 16.8. The van der Waals surface area contributed by atoms with Crippen molar-refractivity contribution in [2.24, 2.45) is 11.5 Å². The molecule has 4 atom stereocenters. The van der Waals surface area contributed by atoms with Gasteiger partial charge in [0.1, 0.15) is 0 Å². The van der Waals surface area contributed by atoms with E-state index >= 15 is 0 Å². The predicted molar refractivity (Wildman–Crippen MR) is 354 cm³/mol. The molecule has 15 heteroatoms. The number of halogens is 1. The van der Waals surface area contributed by atoms with Crippen LogP contribution in [0, 0.1) is 5.41 Å². The highest BCUT2D eigenvalue weighted by Gasteiger charge is 2.37. The summed E-state index contributed by atoms with van der Waals surface area (Å²) < 4.78 is 1.01. The minimum absolute atomic E-state index is 0.0222. The van der Waals surface area contributed by atoms with Crippen LogP contribution in [0.15, 0.2) is 217 Å². The molecular weight excluding hydrogens is 1150 g/mol. The number of nitrogens with two attached hydrogens (primary N) is 2. The summed E-state index contributed by atoms with van der Waals surface area (Å²) in [7, 11) is 2.01. The number of likely N-dealkylation sites (N-methyl/N-ethyl adjacent to an activating group) is 1. The molecule has 8 aromatic rings. The summed E-state index contributed by atoms with van der Waals surface area (Å²) in [5.41, 5.74) is 19.5. The first-order valence-corrected chi connectivity index (χ1v) is 31.2. The Labute approximate surface area is 520 Å². The van der Waals surface area contributed by atoms with Gasteiger partial charge in [-0.1, -0.05) is 192 Å². The summed E-state index contributed by atoms with van der Waals surface area (Å²) in [4.78, 5) is 60.6. The fraction of sp³-hybridized carbons (Fsp3) is 0.292. The first-order valence-electron chi connectivity index (χ1n) is 30.4. The van der Waals surface area contributed by atoms with Crippen LogP contribution in [0.4, 0.5) is 0 Å². The lowest BCUT2D eigenvalue weighted by Crippen LogP contribution is -2.50. The molecule has 2 saturated heterocycles. The van der Waals surface area contributed by atoms with E-state index in [1.807, 2.05) is 156 Å². The van der Waals surface area contributed by atoms with Crippen LogP contribution in [-0.2, 0) is 9.59 Å². The lowest BCUT2D eigenvalue weighted by Gasteiger charge is -2.33. The lowest BCUT2D eigenvalue weighted by atomic mass is 9.90. The highest BCUT2D eigenvalue weighted by Crippen LogP contribution is 2.31. The maximum atomic E-state index is 14.1. The van der Waals surface area contributed by atoms with Gasteiger partial charge in [0.15, 0.2) is 5.96 Å². The van der Waals surface area contributed by atoms with Crippen LogP contribution in [-0.4, -0.2) is 128 Å². The summed E-state index contributed by atoms with van der Waals surface area (Å²) in [6.07, 6.45) is 4.18. The Bertz CT molecular complexity index is 3410. The quantitative estimate of drug-likeness (QED) is 0.0196. The summed E-state index contributed by atoms with van der Waals surface area (Å²) >= 11 is 3.51. The van der Waals surface area contributed by atoms with E-state index in [-0.39, 0.29) is 59.5 Å². The van der Waals surface area contributed by atoms with Gasteiger partial charge >= 0.3 is 0 Å². The second-order valence-corrected chi connectivity index (χ2v) is 23.5. The van der Waals surface area contributed by atoms with Crippen molar-refractivity contribution in [3.05, 3.63) is 250 Å². The van der Waals surface area contributed by atoms with Crippen molar-refractivity contribution in [2.45, 2.75) is 74.5 Å². The van der Waals surface area contributed by atoms with Crippen molar-refractivity contribution in [3.63, 3.8) is 0 Å². The molecule has 0 bridgehead atoms. The van der Waals surface area contributed by atoms with E-state index in [9.17, 15) is 19.2 Å². The molecule has 0 saturated carbocycles. The number of rotatable bonds is 22. The zero-order chi connectivity index (χ0) is 60.9. The maximum absolute atomic E-state index is 14.1. The fourth-order valence-electron chi connectivity index (χ4n) is 11.9. The molecule has 2 fully saturated rings. The molecule has 14 nitrogen and oxygen atoms in total. The number of nitrogens with zero attached hydrogens (tertiary/aromatic N) is 3. The number of carbonyl (C=O) groups is 4. The van der Waals surface area contributed by atoms with Crippen molar-refractivity contribution in [1.29, 1.82) is 5.41 Å². The van der Waals surface area contributed by atoms with Crippen molar-refractivity contribution in [1.82, 2.24) is 36.0 Å². The summed E-state index contributed by atoms with van der Waals surface area (Å²) in [6.45, 7) is 4.29. The SMILES string of the molecule is CN1[C@H](CNC(=O)c2ccc3cc(Br)ccc3c2)CCN(CC(c2ccccc2)c2ccccc2)C(=O)[C@@H]1CCCN.N=C(N)NCCC[C@@H]1N[C@H](CNC(=O)c2ccc(-c3ccccc3)cc2)CCN(CC(c2ccccc2)c2ccccc2)C1=O. The third-order valence-corrected chi connectivity index (χ3v) is 17.3. The zero-order valence-electron chi connectivity index (χ0n) is 49.6. The Morgan fingerprint density at radius 1 is 0.575 bits per heavy atom. The minimum Gasteiger partial charge on any atom is -0.370 e. The van der Waals surface area contributed by atoms with Crippen LogP contribution < -0.4 is 32.7 Å². The molecule has 4 amide bonds. The molecule has 0 aliphatic carbocycles. The second-order valence-electron chi connectivity index (χ2n) is 22.6. The summed E-state index contributed by atoms with van der Waals surface area (Å²) in [5, 5.41) is 22.2. The number of carbonyl (C=O) groups excluding carboxylic acids is 4. The molecule has 450 valence electrons. The fourth-order valence-corrected chi connectivity index (χ4v) is 12.3. The van der Waals surface area contributed by atoms with Gasteiger partial charge in [-0.05, 0) is 133 Å². The summed E-state index contributed by atoms with van der Waals surface area (Å²) in [6, 6.07) is 70.2. The number of nitrogens with one attached hydrogen (secondary N) is 5. The number of hydrogen-bond acceptors (Lipinski definition) is 8. The molecule has 2 heterocycles. The van der Waals surface area contributed by atoms with Gasteiger partial charge in [-0.3, -0.25) is 29.5 Å². The van der Waals surface area contributed by atoms with Crippen LogP contribution in [0.3, 0.4) is 0 Å². The van der Waals surface area contributed by atoms with Crippen LogP contribution >= 0.6 is 15.9 Å². The van der Waals surface area contributed by atoms with Crippen molar-refractivity contribution < 1.29 is 19.2 Å². The maximum Gasteiger partial charge on any atom is 0.251 e. The molecule has 8 aromatic carbocycles. The summed E-state index contributed by atoms with van der Waals surface area (Å²) in [5.74, 6) is -0.0280. The standard InChI is InChI=1S/C37H42N6O2.C35H39BrN4O2/c38-37(39)40-23-10-17-34-36(45)43(26-33(29-13-6-2-7-14-29)30-15-8-3-9-16-30)24-22-32(42-34)25-41-35(44)31-20-18-28(19-21-31)27-11-4-1-5-12-27;1-39-31(23-38-34(41)29-15-14-28-22-30(36)17-16-27(28)21-29)18-20-40(35(42)33(39)13-8-19-37)24-32(25-9-4-2-5-10-25)26-11-6-3-7-12-26/h1-9,11-16,18-21,32-34,42H,10,17,22-26H2,(H,41,44)(H4,38,39,40);2-7,9-12,14-17,21-22,31-33H,8,13,18-20,23-24,37H2,1H3,(H,38,41)/t32-,34-;31-,33-/m00/s1. The Kier molecular flexibility index (Phi) is 23.0. The number of hydrogen-bond donors (Lipinski definition) is 7. The van der Waals surface area contributed by atoms with Gasteiger partial charge < -0.3 is 42.5 Å². The molecule has 2 aliphatic rings. The van der Waals surface area contributed by atoms with Gasteiger partial charge in [0.25, 0.3) is 11.8 Å². The van der Waals surface area contributed by atoms with Gasteiger partial charge in [0.2, 0.25) is 11.8 Å². The molecule has 10 rings (SSSR count). The molecule has 2 aliphatic heterocycles. The Balaban J connectivity index is 0.000000208. The van der Waals surface area contributed by atoms with Gasteiger partial charge in [0.05, 0.1) is 12.1 Å². The zero-order valence-corrected chi connectivity index (χ0v) is 51.2. The van der Waals surface area contributed by atoms with Crippen molar-refractivity contribution >= 4 is 56.3 Å². The average Bonchev–Trinajstić information content (AvgIpc) is 3.39. The minimum atomic E-state index is -0.416. The van der Waals surface area contributed by atoms with Crippen LogP contribution in [0.1, 0.15) is 93.3 Å². The van der Waals surface area contributed by atoms with Crippen molar-refractivity contribution in [2.75, 3.05) is 59.4 Å². The Morgan fingerprint density at radius 2 is 1.06 bits per heavy atom. The van der Waals surface area contributed by atoms with E-state index in [0.717, 1.165) is 50.3 Å². The van der Waals surface area contributed by atoms with Gasteiger partial charge in [0, 0.05) is 85.3 Å². The topological polar surface area (TPSA) is 202 Å². The highest BCUT2D eigenvalue weighted by molar-refractivity contribution is 9.10. The van der Waals surface area contributed by atoms with Crippen LogP contribution in [0.5, 0.6) is 0 Å². The first-order chi connectivity index (χ1) is 42.4. The molecule has 87 heavy (non-hydrogen) atoms. The van der Waals surface area contributed by atoms with E-state index in [0.29, 0.717) is 89.2 Å². The smallest absolute Gasteiger partial charge is 0.251 e. The predicted octanol–water partition coefficient (Wildman–Crippen LogP) is 10.5. The number of benzene rings is 8. The monoisotopic (exact) mass is 1230 g/mol. The van der Waals surface area contributed by atoms with Crippen LogP contribution in [0.25, 0.3) is 21.9 Å². The van der Waals surface area contributed by atoms with Crippen LogP contribution in [0.2, 0.25) is 0 Å². The third kappa shape index (κ3) is 17.6. The molecule has 0 unspecified atom stereocenters. The molecule has 0 spiro atoms. The Morgan fingerprint density at radius 3 is 1.62 bits per heavy atom. The van der Waals surface area contributed by atoms with E-state index in [1.54, 1.807) is 0 Å². The second kappa shape index (κ2) is 31.8. The molecule has 0 aromatic heterocycles. The van der Waals surface area contributed by atoms with E-state index in [1.165, 1.54) is 11.1 Å². The average molecular weight is 1230 g/mol. The lowest BCUT2D eigenvalue weighted by molar-refractivity contribution is -0.136. The van der Waals surface area contributed by atoms with Gasteiger partial charge in [-0.25, -0.2) is 0 Å². The Hall–Kier alpha value is -8.47. The number of guanidine groups is 1. The largest absolute Gasteiger partial charge is 0.370 e. The number of amides is 4. The normalized spacial score (nSPS) is 17.3. The van der Waals surface area contributed by atoms with E-state index in [2.05, 4.69) is 115 Å². The van der Waals surface area contributed by atoms with Gasteiger partial charge in [-0.15, -0.1) is 0 Å². The van der Waals surface area contributed by atoms with Gasteiger partial charge in [-0.2, -0.15) is 0 Å². The molecule has 0 radical (unpaired) electrons. The molecular formula is C72H81BrN10O4. The van der Waals surface area contributed by atoms with Crippen molar-refractivity contribution in [3.8, 4) is 11.1 Å². The molecule has 9 N–H and O–H groups in total. The van der Waals surface area contributed by atoms with E-state index < -0.39 is 6.04 Å². The van der Waals surface area contributed by atoms with E-state index in [4.69, 9.17) is 16.9 Å². The first kappa shape index (κ1) is 63.0. The number of fused-ring (bicyclic) bond motifs is 1. The highest BCUT2D eigenvalue weighted by atomic mass is 79.9.